The molecule has 4 nitrogen and oxygen atoms in total. The number of hydrogen-bond acceptors (Lipinski definition) is 2. The molecule has 0 bridgehead atoms. The van der Waals surface area contributed by atoms with Gasteiger partial charge >= 0.3 is 0 Å². The lowest BCUT2D eigenvalue weighted by atomic mass is 9.96. The van der Waals surface area contributed by atoms with E-state index in [9.17, 15) is 14.0 Å². The Balaban J connectivity index is 1.77. The van der Waals surface area contributed by atoms with Crippen molar-refractivity contribution < 1.29 is 14.0 Å². The predicted molar refractivity (Wildman–Crippen MR) is 106 cm³/mol. The maximum absolute atomic E-state index is 13.9. The van der Waals surface area contributed by atoms with Gasteiger partial charge in [0.25, 0.3) is 0 Å². The van der Waals surface area contributed by atoms with Crippen LogP contribution in [0.2, 0.25) is 5.02 Å². The molecule has 0 unspecified atom stereocenters. The summed E-state index contributed by atoms with van der Waals surface area (Å²) in [6.45, 7) is 4.50. The van der Waals surface area contributed by atoms with Crippen LogP contribution in [-0.2, 0) is 9.59 Å². The van der Waals surface area contributed by atoms with Gasteiger partial charge in [-0.15, -0.1) is 0 Å². The summed E-state index contributed by atoms with van der Waals surface area (Å²) in [7, 11) is 0. The second kappa shape index (κ2) is 8.09. The molecule has 3 rings (SSSR count). The molecule has 1 N–H and O–H groups in total. The molecule has 1 heterocycles. The van der Waals surface area contributed by atoms with E-state index in [2.05, 4.69) is 19.2 Å². The molecule has 0 aliphatic carbocycles. The molecule has 1 fully saturated rings. The highest BCUT2D eigenvalue weighted by Crippen LogP contribution is 2.34. The molecule has 27 heavy (non-hydrogen) atoms. The van der Waals surface area contributed by atoms with Gasteiger partial charge in [-0.3, -0.25) is 9.59 Å². The average molecular weight is 389 g/mol. The summed E-state index contributed by atoms with van der Waals surface area (Å²) in [5, 5.41) is 2.83. The van der Waals surface area contributed by atoms with Gasteiger partial charge in [-0.05, 0) is 42.2 Å². The Bertz CT molecular complexity index is 871. The number of rotatable bonds is 5. The van der Waals surface area contributed by atoms with Crippen molar-refractivity contribution in [1.29, 1.82) is 0 Å². The summed E-state index contributed by atoms with van der Waals surface area (Å²) >= 11 is 5.73. The van der Waals surface area contributed by atoms with Gasteiger partial charge in [-0.1, -0.05) is 43.6 Å². The zero-order chi connectivity index (χ0) is 19.6. The van der Waals surface area contributed by atoms with Crippen LogP contribution in [0.15, 0.2) is 42.5 Å². The Hall–Kier alpha value is -2.40. The van der Waals surface area contributed by atoms with Gasteiger partial charge in [-0.25, -0.2) is 4.39 Å². The van der Waals surface area contributed by atoms with E-state index in [0.717, 1.165) is 23.7 Å². The molecule has 1 aliphatic rings. The molecule has 2 amide bonds. The highest BCUT2D eigenvalue weighted by Gasteiger charge is 2.36. The normalized spacial score (nSPS) is 17.9. The summed E-state index contributed by atoms with van der Waals surface area (Å²) in [4.78, 5) is 26.8. The van der Waals surface area contributed by atoms with Gasteiger partial charge in [-0.2, -0.15) is 0 Å². The third kappa shape index (κ3) is 4.14. The number of carbonyl (C=O) groups is 2. The van der Waals surface area contributed by atoms with E-state index in [4.69, 9.17) is 11.6 Å². The molecular formula is C21H22ClFN2O2. The Morgan fingerprint density at radius 1 is 1.33 bits per heavy atom. The number of benzene rings is 2. The predicted octanol–water partition coefficient (Wildman–Crippen LogP) is 4.98. The van der Waals surface area contributed by atoms with Crippen molar-refractivity contribution in [3.63, 3.8) is 0 Å². The molecule has 2 aromatic carbocycles. The monoisotopic (exact) mass is 388 g/mol. The van der Waals surface area contributed by atoms with Crippen LogP contribution < -0.4 is 10.2 Å². The van der Waals surface area contributed by atoms with Crippen molar-refractivity contribution in [3.05, 3.63) is 58.9 Å². The van der Waals surface area contributed by atoms with Gasteiger partial charge in [0.2, 0.25) is 11.8 Å². The van der Waals surface area contributed by atoms with Crippen LogP contribution in [0.4, 0.5) is 15.8 Å². The first-order valence-corrected chi connectivity index (χ1v) is 9.43. The van der Waals surface area contributed by atoms with Crippen LogP contribution in [0.5, 0.6) is 0 Å². The lowest BCUT2D eigenvalue weighted by Crippen LogP contribution is -2.29. The van der Waals surface area contributed by atoms with E-state index in [1.807, 2.05) is 24.3 Å². The standard InChI is InChI=1S/C21H22ClFN2O2/c1-3-13(2)16-6-4-5-7-19(16)25-12-14(10-20(25)26)21(27)24-18-9-8-15(22)11-17(18)23/h4-9,11,13-14H,3,10,12H2,1-2H3,(H,24,27)/t13-,14-/m0/s1. The van der Waals surface area contributed by atoms with E-state index in [1.54, 1.807) is 4.90 Å². The number of halogens is 2. The maximum Gasteiger partial charge on any atom is 0.229 e. The minimum Gasteiger partial charge on any atom is -0.323 e. The zero-order valence-corrected chi connectivity index (χ0v) is 16.1. The number of para-hydroxylation sites is 1. The quantitative estimate of drug-likeness (QED) is 0.784. The third-order valence-corrected chi connectivity index (χ3v) is 5.29. The van der Waals surface area contributed by atoms with Gasteiger partial charge in [0.15, 0.2) is 0 Å². The van der Waals surface area contributed by atoms with Gasteiger partial charge in [0, 0.05) is 23.7 Å². The first-order chi connectivity index (χ1) is 12.9. The van der Waals surface area contributed by atoms with Gasteiger partial charge in [0.05, 0.1) is 11.6 Å². The van der Waals surface area contributed by atoms with Crippen molar-refractivity contribution >= 4 is 34.8 Å². The van der Waals surface area contributed by atoms with Crippen LogP contribution in [0.3, 0.4) is 0 Å². The summed E-state index contributed by atoms with van der Waals surface area (Å²) in [6.07, 6.45) is 1.06. The molecule has 1 saturated heterocycles. The Kier molecular flexibility index (Phi) is 5.80. The molecule has 0 saturated carbocycles. The topological polar surface area (TPSA) is 49.4 Å². The van der Waals surface area contributed by atoms with E-state index >= 15 is 0 Å². The fourth-order valence-electron chi connectivity index (χ4n) is 3.31. The Morgan fingerprint density at radius 3 is 2.78 bits per heavy atom. The Labute approximate surface area is 163 Å². The summed E-state index contributed by atoms with van der Waals surface area (Å²) in [5.41, 5.74) is 2.01. The molecule has 1 aliphatic heterocycles. The fourth-order valence-corrected chi connectivity index (χ4v) is 3.47. The second-order valence-corrected chi connectivity index (χ2v) is 7.32. The van der Waals surface area contributed by atoms with Crippen LogP contribution in [0.25, 0.3) is 0 Å². The van der Waals surface area contributed by atoms with Crippen molar-refractivity contribution in [2.24, 2.45) is 5.92 Å². The molecule has 6 heteroatoms. The lowest BCUT2D eigenvalue weighted by Gasteiger charge is -2.23. The first kappa shape index (κ1) is 19.4. The molecule has 0 aromatic heterocycles. The van der Waals surface area contributed by atoms with Crippen LogP contribution in [-0.4, -0.2) is 18.4 Å². The smallest absolute Gasteiger partial charge is 0.229 e. The SMILES string of the molecule is CC[C@H](C)c1ccccc1N1C[C@@H](C(=O)Nc2ccc(Cl)cc2F)CC1=O. The molecule has 2 atom stereocenters. The number of amides is 2. The van der Waals surface area contributed by atoms with Crippen molar-refractivity contribution in [1.82, 2.24) is 0 Å². The van der Waals surface area contributed by atoms with E-state index < -0.39 is 11.7 Å². The molecule has 142 valence electrons. The highest BCUT2D eigenvalue weighted by atomic mass is 35.5. The Morgan fingerprint density at radius 2 is 2.07 bits per heavy atom. The highest BCUT2D eigenvalue weighted by molar-refractivity contribution is 6.30. The number of carbonyl (C=O) groups excluding carboxylic acids is 2. The van der Waals surface area contributed by atoms with Gasteiger partial charge in [0.1, 0.15) is 5.82 Å². The minimum absolute atomic E-state index is 0.0651. The van der Waals surface area contributed by atoms with E-state index in [0.29, 0.717) is 5.92 Å². The number of nitrogens with one attached hydrogen (secondary N) is 1. The van der Waals surface area contributed by atoms with Crippen molar-refractivity contribution in [2.45, 2.75) is 32.6 Å². The van der Waals surface area contributed by atoms with Crippen molar-refractivity contribution in [3.8, 4) is 0 Å². The van der Waals surface area contributed by atoms with Crippen molar-refractivity contribution in [2.75, 3.05) is 16.8 Å². The summed E-state index contributed by atoms with van der Waals surface area (Å²) in [6, 6.07) is 11.9. The summed E-state index contributed by atoms with van der Waals surface area (Å²) in [5.74, 6) is -1.28. The number of anilines is 2. The largest absolute Gasteiger partial charge is 0.323 e. The molecule has 2 aromatic rings. The zero-order valence-electron chi connectivity index (χ0n) is 15.3. The lowest BCUT2D eigenvalue weighted by molar-refractivity contribution is -0.122. The second-order valence-electron chi connectivity index (χ2n) is 6.89. The third-order valence-electron chi connectivity index (χ3n) is 5.06. The minimum atomic E-state index is -0.598. The molecular weight excluding hydrogens is 367 g/mol. The summed E-state index contributed by atoms with van der Waals surface area (Å²) < 4.78 is 13.9. The average Bonchev–Trinajstić information content (AvgIpc) is 3.05. The molecule has 0 radical (unpaired) electrons. The molecule has 0 spiro atoms. The number of nitrogens with zero attached hydrogens (tertiary/aromatic N) is 1. The van der Waals surface area contributed by atoms with Gasteiger partial charge < -0.3 is 10.2 Å². The maximum atomic E-state index is 13.9. The number of hydrogen-bond donors (Lipinski definition) is 1. The fraction of sp³-hybridized carbons (Fsp3) is 0.333. The van der Waals surface area contributed by atoms with E-state index in [-0.39, 0.29) is 35.5 Å². The van der Waals surface area contributed by atoms with E-state index in [1.165, 1.54) is 12.1 Å². The van der Waals surface area contributed by atoms with Crippen LogP contribution in [0, 0.1) is 11.7 Å². The first-order valence-electron chi connectivity index (χ1n) is 9.06. The van der Waals surface area contributed by atoms with Crippen LogP contribution in [0.1, 0.15) is 38.2 Å². The van der Waals surface area contributed by atoms with Crippen LogP contribution >= 0.6 is 11.6 Å².